The van der Waals surface area contributed by atoms with Crippen molar-refractivity contribution >= 4 is 11.8 Å². The molecule has 0 radical (unpaired) electrons. The Balaban J connectivity index is 1.52. The summed E-state index contributed by atoms with van der Waals surface area (Å²) in [4.78, 5) is 32.5. The summed E-state index contributed by atoms with van der Waals surface area (Å²) in [5.41, 5.74) is 1.16. The smallest absolute Gasteiger partial charge is 0.226 e. The zero-order valence-corrected chi connectivity index (χ0v) is 13.2. The van der Waals surface area contributed by atoms with Gasteiger partial charge in [0.15, 0.2) is 0 Å². The SMILES string of the molecule is CC(C)C(=O)N1CCN(C(=O)[C@@H]2C[C@H]2c2cccnc2)CC1. The van der Waals surface area contributed by atoms with Crippen LogP contribution in [-0.4, -0.2) is 52.8 Å². The number of nitrogens with zero attached hydrogens (tertiary/aromatic N) is 3. The van der Waals surface area contributed by atoms with Gasteiger partial charge in [0.2, 0.25) is 11.8 Å². The van der Waals surface area contributed by atoms with Gasteiger partial charge in [0.25, 0.3) is 0 Å². The molecule has 2 heterocycles. The second-order valence-corrected chi connectivity index (χ2v) is 6.54. The van der Waals surface area contributed by atoms with Crippen LogP contribution in [0.25, 0.3) is 0 Å². The number of amides is 2. The predicted molar refractivity (Wildman–Crippen MR) is 83.1 cm³/mol. The summed E-state index contributed by atoms with van der Waals surface area (Å²) in [5, 5.41) is 0. The van der Waals surface area contributed by atoms with E-state index in [1.54, 1.807) is 6.20 Å². The number of aromatic nitrogens is 1. The van der Waals surface area contributed by atoms with E-state index in [0.29, 0.717) is 32.1 Å². The molecule has 1 aromatic heterocycles. The molecule has 1 saturated heterocycles. The van der Waals surface area contributed by atoms with E-state index in [9.17, 15) is 9.59 Å². The van der Waals surface area contributed by atoms with Gasteiger partial charge in [-0.3, -0.25) is 14.6 Å². The lowest BCUT2D eigenvalue weighted by atomic mass is 10.1. The molecule has 2 amide bonds. The van der Waals surface area contributed by atoms with Crippen molar-refractivity contribution in [2.75, 3.05) is 26.2 Å². The van der Waals surface area contributed by atoms with Crippen LogP contribution in [0.15, 0.2) is 24.5 Å². The van der Waals surface area contributed by atoms with Crippen LogP contribution >= 0.6 is 0 Å². The van der Waals surface area contributed by atoms with Gasteiger partial charge in [-0.2, -0.15) is 0 Å². The Hall–Kier alpha value is -1.91. The molecule has 0 bridgehead atoms. The summed E-state index contributed by atoms with van der Waals surface area (Å²) < 4.78 is 0. The lowest BCUT2D eigenvalue weighted by Gasteiger charge is -2.35. The topological polar surface area (TPSA) is 53.5 Å². The Labute approximate surface area is 131 Å². The molecule has 2 aliphatic rings. The molecule has 0 aromatic carbocycles. The highest BCUT2D eigenvalue weighted by atomic mass is 16.2. The van der Waals surface area contributed by atoms with Crippen molar-refractivity contribution in [3.63, 3.8) is 0 Å². The molecule has 2 atom stereocenters. The Morgan fingerprint density at radius 2 is 1.86 bits per heavy atom. The lowest BCUT2D eigenvalue weighted by molar-refractivity contribution is -0.142. The van der Waals surface area contributed by atoms with Crippen molar-refractivity contribution < 1.29 is 9.59 Å². The van der Waals surface area contributed by atoms with Crippen molar-refractivity contribution in [2.45, 2.75) is 26.2 Å². The van der Waals surface area contributed by atoms with Crippen molar-refractivity contribution in [3.8, 4) is 0 Å². The second-order valence-electron chi connectivity index (χ2n) is 6.54. The summed E-state index contributed by atoms with van der Waals surface area (Å²) in [6.45, 7) is 6.48. The van der Waals surface area contributed by atoms with Gasteiger partial charge in [-0.05, 0) is 24.0 Å². The standard InChI is InChI=1S/C17H23N3O2/c1-12(2)16(21)19-6-8-20(9-7-19)17(22)15-10-14(15)13-4-3-5-18-11-13/h3-5,11-12,14-15H,6-10H2,1-2H3/t14-,15+/m0/s1. The van der Waals surface area contributed by atoms with Crippen LogP contribution in [-0.2, 0) is 9.59 Å². The first-order valence-corrected chi connectivity index (χ1v) is 8.05. The Bertz CT molecular complexity index is 550. The molecule has 5 nitrogen and oxygen atoms in total. The fraction of sp³-hybridized carbons (Fsp3) is 0.588. The van der Waals surface area contributed by atoms with Crippen molar-refractivity contribution in [3.05, 3.63) is 30.1 Å². The van der Waals surface area contributed by atoms with Crippen molar-refractivity contribution in [1.82, 2.24) is 14.8 Å². The highest BCUT2D eigenvalue weighted by Crippen LogP contribution is 2.48. The third-order valence-corrected chi connectivity index (χ3v) is 4.62. The molecular formula is C17H23N3O2. The number of carbonyl (C=O) groups excluding carboxylic acids is 2. The van der Waals surface area contributed by atoms with Crippen LogP contribution in [0, 0.1) is 11.8 Å². The van der Waals surface area contributed by atoms with Crippen LogP contribution < -0.4 is 0 Å². The third kappa shape index (κ3) is 2.98. The Morgan fingerprint density at radius 1 is 1.18 bits per heavy atom. The molecule has 1 saturated carbocycles. The maximum Gasteiger partial charge on any atom is 0.226 e. The van der Waals surface area contributed by atoms with Gasteiger partial charge in [0.05, 0.1) is 0 Å². The molecule has 1 aliphatic heterocycles. The van der Waals surface area contributed by atoms with E-state index in [-0.39, 0.29) is 23.7 Å². The number of pyridine rings is 1. The minimum Gasteiger partial charge on any atom is -0.339 e. The molecule has 0 N–H and O–H groups in total. The van der Waals surface area contributed by atoms with E-state index < -0.39 is 0 Å². The lowest BCUT2D eigenvalue weighted by Crippen LogP contribution is -2.52. The fourth-order valence-electron chi connectivity index (χ4n) is 3.18. The van der Waals surface area contributed by atoms with Gasteiger partial charge in [-0.1, -0.05) is 19.9 Å². The van der Waals surface area contributed by atoms with Gasteiger partial charge in [0.1, 0.15) is 0 Å². The predicted octanol–water partition coefficient (Wildman–Crippen LogP) is 1.51. The molecular weight excluding hydrogens is 278 g/mol. The van der Waals surface area contributed by atoms with Crippen LogP contribution in [0.1, 0.15) is 31.7 Å². The number of hydrogen-bond donors (Lipinski definition) is 0. The van der Waals surface area contributed by atoms with Gasteiger partial charge in [0, 0.05) is 50.4 Å². The first-order valence-electron chi connectivity index (χ1n) is 8.05. The molecule has 0 spiro atoms. The first-order chi connectivity index (χ1) is 10.6. The molecule has 1 aliphatic carbocycles. The van der Waals surface area contributed by atoms with Crippen LogP contribution in [0.4, 0.5) is 0 Å². The monoisotopic (exact) mass is 301 g/mol. The molecule has 3 rings (SSSR count). The fourth-order valence-corrected chi connectivity index (χ4v) is 3.18. The number of hydrogen-bond acceptors (Lipinski definition) is 3. The van der Waals surface area contributed by atoms with E-state index in [4.69, 9.17) is 0 Å². The summed E-state index contributed by atoms with van der Waals surface area (Å²) >= 11 is 0. The Kier molecular flexibility index (Phi) is 4.14. The molecule has 2 fully saturated rings. The van der Waals surface area contributed by atoms with E-state index in [2.05, 4.69) is 4.98 Å². The summed E-state index contributed by atoms with van der Waals surface area (Å²) in [6.07, 6.45) is 4.54. The summed E-state index contributed by atoms with van der Waals surface area (Å²) in [5.74, 6) is 0.894. The van der Waals surface area contributed by atoms with Crippen LogP contribution in [0.5, 0.6) is 0 Å². The number of piperazine rings is 1. The molecule has 22 heavy (non-hydrogen) atoms. The molecule has 1 aromatic rings. The van der Waals surface area contributed by atoms with Gasteiger partial charge in [-0.15, -0.1) is 0 Å². The zero-order chi connectivity index (χ0) is 15.7. The second kappa shape index (κ2) is 6.07. The zero-order valence-electron chi connectivity index (χ0n) is 13.2. The third-order valence-electron chi connectivity index (χ3n) is 4.62. The van der Waals surface area contributed by atoms with Crippen molar-refractivity contribution in [2.24, 2.45) is 11.8 Å². The maximum atomic E-state index is 12.6. The minimum atomic E-state index is 0.0284. The quantitative estimate of drug-likeness (QED) is 0.850. The average Bonchev–Trinajstić information content (AvgIpc) is 3.35. The normalized spacial score (nSPS) is 24.5. The minimum absolute atomic E-state index is 0.0284. The maximum absolute atomic E-state index is 12.6. The molecule has 118 valence electrons. The van der Waals surface area contributed by atoms with E-state index in [0.717, 1.165) is 12.0 Å². The van der Waals surface area contributed by atoms with E-state index >= 15 is 0 Å². The van der Waals surface area contributed by atoms with Crippen LogP contribution in [0.3, 0.4) is 0 Å². The average molecular weight is 301 g/mol. The molecule has 0 unspecified atom stereocenters. The van der Waals surface area contributed by atoms with E-state index in [1.807, 2.05) is 42.0 Å². The first kappa shape index (κ1) is 15.0. The largest absolute Gasteiger partial charge is 0.339 e. The summed E-state index contributed by atoms with van der Waals surface area (Å²) in [6, 6.07) is 3.97. The van der Waals surface area contributed by atoms with Crippen molar-refractivity contribution in [1.29, 1.82) is 0 Å². The Morgan fingerprint density at radius 3 is 2.45 bits per heavy atom. The van der Waals surface area contributed by atoms with Crippen LogP contribution in [0.2, 0.25) is 0 Å². The van der Waals surface area contributed by atoms with Gasteiger partial charge < -0.3 is 9.80 Å². The number of carbonyl (C=O) groups is 2. The highest BCUT2D eigenvalue weighted by molar-refractivity contribution is 5.83. The van der Waals surface area contributed by atoms with Gasteiger partial charge in [-0.25, -0.2) is 0 Å². The van der Waals surface area contributed by atoms with E-state index in [1.165, 1.54) is 0 Å². The highest BCUT2D eigenvalue weighted by Gasteiger charge is 2.46. The van der Waals surface area contributed by atoms with Gasteiger partial charge >= 0.3 is 0 Å². The molecule has 5 heteroatoms. The number of rotatable bonds is 3. The summed E-state index contributed by atoms with van der Waals surface area (Å²) in [7, 11) is 0.